The molecule has 0 aliphatic heterocycles. The minimum absolute atomic E-state index is 0.0508. The van der Waals surface area contributed by atoms with Crippen molar-refractivity contribution in [3.63, 3.8) is 0 Å². The van der Waals surface area contributed by atoms with Crippen LogP contribution in [0.1, 0.15) is 115 Å². The van der Waals surface area contributed by atoms with E-state index in [1.807, 2.05) is 6.07 Å². The van der Waals surface area contributed by atoms with E-state index in [0.29, 0.717) is 29.6 Å². The van der Waals surface area contributed by atoms with Gasteiger partial charge in [0.25, 0.3) is 0 Å². The van der Waals surface area contributed by atoms with Crippen LogP contribution in [0.25, 0.3) is 22.3 Å². The summed E-state index contributed by atoms with van der Waals surface area (Å²) in [5, 5.41) is 0. The number of ether oxygens (including phenoxy) is 1. The standard InChI is InChI=1S/C41H51F3O/c1-3-5-6-7-8-9-10-27-45-39-26-25-37(40(43)41(39)44)34-21-19-33(20-22-34)36-24-23-35(28-38(36)42)32-17-15-31(16-18-32)30-13-11-29(4-2)12-14-30/h4,19-26,28-32H,2-3,5-18,27H2,1H3. The lowest BCUT2D eigenvalue weighted by Gasteiger charge is -2.37. The molecular weight excluding hydrogens is 565 g/mol. The minimum atomic E-state index is -0.963. The summed E-state index contributed by atoms with van der Waals surface area (Å²) < 4.78 is 50.9. The first kappa shape index (κ1) is 33.4. The number of hydrogen-bond acceptors (Lipinski definition) is 1. The van der Waals surface area contributed by atoms with E-state index in [0.717, 1.165) is 55.1 Å². The van der Waals surface area contributed by atoms with Gasteiger partial charge < -0.3 is 4.74 Å². The third kappa shape index (κ3) is 8.63. The van der Waals surface area contributed by atoms with Crippen molar-refractivity contribution in [1.82, 2.24) is 0 Å². The molecule has 0 heterocycles. The van der Waals surface area contributed by atoms with Crippen molar-refractivity contribution in [2.24, 2.45) is 17.8 Å². The summed E-state index contributed by atoms with van der Waals surface area (Å²) in [6, 6.07) is 15.7. The second-order valence-corrected chi connectivity index (χ2v) is 13.5. The van der Waals surface area contributed by atoms with Gasteiger partial charge in [0, 0.05) is 11.1 Å². The zero-order chi connectivity index (χ0) is 31.6. The Morgan fingerprint density at radius 2 is 1.24 bits per heavy atom. The van der Waals surface area contributed by atoms with Crippen molar-refractivity contribution >= 4 is 0 Å². The molecule has 3 aromatic carbocycles. The van der Waals surface area contributed by atoms with E-state index in [-0.39, 0.29) is 17.1 Å². The van der Waals surface area contributed by atoms with Gasteiger partial charge in [-0.3, -0.25) is 0 Å². The maximum absolute atomic E-state index is 15.4. The van der Waals surface area contributed by atoms with E-state index in [1.165, 1.54) is 70.3 Å². The smallest absolute Gasteiger partial charge is 0.201 e. The van der Waals surface area contributed by atoms with Crippen molar-refractivity contribution < 1.29 is 17.9 Å². The molecule has 0 saturated heterocycles. The van der Waals surface area contributed by atoms with E-state index in [4.69, 9.17) is 4.74 Å². The molecule has 2 fully saturated rings. The summed E-state index contributed by atoms with van der Waals surface area (Å²) in [7, 11) is 0. The molecule has 0 atom stereocenters. The zero-order valence-corrected chi connectivity index (χ0v) is 27.1. The van der Waals surface area contributed by atoms with E-state index in [9.17, 15) is 4.39 Å². The highest BCUT2D eigenvalue weighted by atomic mass is 19.2. The lowest BCUT2D eigenvalue weighted by molar-refractivity contribution is 0.171. The summed E-state index contributed by atoms with van der Waals surface area (Å²) >= 11 is 0. The lowest BCUT2D eigenvalue weighted by atomic mass is 9.68. The highest BCUT2D eigenvalue weighted by Crippen LogP contribution is 2.44. The number of benzene rings is 3. The van der Waals surface area contributed by atoms with Crippen LogP contribution in [0.4, 0.5) is 13.2 Å². The first-order chi connectivity index (χ1) is 22.0. The predicted molar refractivity (Wildman–Crippen MR) is 181 cm³/mol. The highest BCUT2D eigenvalue weighted by molar-refractivity contribution is 5.71. The molecule has 0 N–H and O–H groups in total. The Balaban J connectivity index is 1.15. The average molecular weight is 617 g/mol. The number of unbranched alkanes of at least 4 members (excludes halogenated alkanes) is 6. The maximum atomic E-state index is 15.4. The normalized spacial score (nSPS) is 21.9. The number of allylic oxidation sites excluding steroid dienone is 1. The van der Waals surface area contributed by atoms with Crippen molar-refractivity contribution in [2.75, 3.05) is 6.61 Å². The second kappa shape index (κ2) is 16.5. The number of rotatable bonds is 14. The molecule has 2 saturated carbocycles. The SMILES string of the molecule is C=CC1CCC(C2CCC(c3ccc(-c4ccc(-c5ccc(OCCCCCCCCC)c(F)c5F)cc4)c(F)c3)CC2)CC1. The first-order valence-electron chi connectivity index (χ1n) is 17.6. The molecule has 0 amide bonds. The third-order valence-electron chi connectivity index (χ3n) is 10.6. The van der Waals surface area contributed by atoms with Gasteiger partial charge in [0.1, 0.15) is 5.82 Å². The Morgan fingerprint density at radius 1 is 0.667 bits per heavy atom. The van der Waals surface area contributed by atoms with E-state index >= 15 is 8.78 Å². The predicted octanol–water partition coefficient (Wildman–Crippen LogP) is 12.8. The van der Waals surface area contributed by atoms with Gasteiger partial charge in [0.2, 0.25) is 5.82 Å². The summed E-state index contributed by atoms with van der Waals surface area (Å²) in [6.07, 6.45) is 20.0. The molecule has 3 aromatic rings. The molecular formula is C41H51F3O. The van der Waals surface area contributed by atoms with Crippen molar-refractivity contribution in [3.8, 4) is 28.0 Å². The molecule has 0 spiro atoms. The van der Waals surface area contributed by atoms with Gasteiger partial charge in [-0.2, -0.15) is 4.39 Å². The molecule has 2 aliphatic carbocycles. The van der Waals surface area contributed by atoms with Crippen LogP contribution in [-0.2, 0) is 0 Å². The van der Waals surface area contributed by atoms with Crippen LogP contribution >= 0.6 is 0 Å². The fourth-order valence-corrected chi connectivity index (χ4v) is 7.73. The van der Waals surface area contributed by atoms with E-state index < -0.39 is 11.6 Å². The number of halogens is 3. The van der Waals surface area contributed by atoms with Gasteiger partial charge in [-0.1, -0.05) is 87.9 Å². The van der Waals surface area contributed by atoms with Gasteiger partial charge in [-0.15, -0.1) is 6.58 Å². The monoisotopic (exact) mass is 616 g/mol. The Morgan fingerprint density at radius 3 is 1.87 bits per heavy atom. The van der Waals surface area contributed by atoms with Crippen LogP contribution in [0.2, 0.25) is 0 Å². The second-order valence-electron chi connectivity index (χ2n) is 13.5. The first-order valence-corrected chi connectivity index (χ1v) is 17.6. The Kier molecular flexibility index (Phi) is 12.2. The average Bonchev–Trinajstić information content (AvgIpc) is 3.08. The third-order valence-corrected chi connectivity index (χ3v) is 10.6. The highest BCUT2D eigenvalue weighted by Gasteiger charge is 2.31. The van der Waals surface area contributed by atoms with Gasteiger partial charge in [0.15, 0.2) is 11.6 Å². The molecule has 0 bridgehead atoms. The quantitative estimate of drug-likeness (QED) is 0.129. The van der Waals surface area contributed by atoms with Crippen molar-refractivity contribution in [1.29, 1.82) is 0 Å². The fraction of sp³-hybridized carbons (Fsp3) is 0.512. The molecule has 5 rings (SSSR count). The summed E-state index contributed by atoms with van der Waals surface area (Å²) in [5.74, 6) is 0.610. The van der Waals surface area contributed by atoms with Crippen LogP contribution in [0.5, 0.6) is 5.75 Å². The van der Waals surface area contributed by atoms with Crippen molar-refractivity contribution in [3.05, 3.63) is 90.3 Å². The molecule has 1 nitrogen and oxygen atoms in total. The molecule has 242 valence electrons. The van der Waals surface area contributed by atoms with Crippen LogP contribution in [-0.4, -0.2) is 6.61 Å². The zero-order valence-electron chi connectivity index (χ0n) is 27.1. The largest absolute Gasteiger partial charge is 0.490 e. The molecule has 2 aliphatic rings. The Labute approximate surface area is 269 Å². The van der Waals surface area contributed by atoms with Gasteiger partial charge in [-0.05, 0) is 116 Å². The summed E-state index contributed by atoms with van der Waals surface area (Å²) in [6.45, 7) is 6.55. The lowest BCUT2D eigenvalue weighted by Crippen LogP contribution is -2.25. The molecule has 0 unspecified atom stereocenters. The van der Waals surface area contributed by atoms with E-state index in [1.54, 1.807) is 36.4 Å². The summed E-state index contributed by atoms with van der Waals surface area (Å²) in [4.78, 5) is 0. The van der Waals surface area contributed by atoms with Crippen LogP contribution < -0.4 is 4.74 Å². The number of hydrogen-bond donors (Lipinski definition) is 0. The van der Waals surface area contributed by atoms with Crippen LogP contribution in [0.15, 0.2) is 67.3 Å². The Bertz CT molecular complexity index is 1360. The van der Waals surface area contributed by atoms with E-state index in [2.05, 4.69) is 25.6 Å². The van der Waals surface area contributed by atoms with Gasteiger partial charge in [0.05, 0.1) is 6.61 Å². The van der Waals surface area contributed by atoms with Crippen LogP contribution in [0.3, 0.4) is 0 Å². The molecule has 0 radical (unpaired) electrons. The fourth-order valence-electron chi connectivity index (χ4n) is 7.73. The molecule has 0 aromatic heterocycles. The van der Waals surface area contributed by atoms with Gasteiger partial charge >= 0.3 is 0 Å². The van der Waals surface area contributed by atoms with Crippen molar-refractivity contribution in [2.45, 2.75) is 109 Å². The minimum Gasteiger partial charge on any atom is -0.490 e. The summed E-state index contributed by atoms with van der Waals surface area (Å²) in [5.41, 5.74) is 3.05. The van der Waals surface area contributed by atoms with Gasteiger partial charge in [-0.25, -0.2) is 8.78 Å². The molecule has 4 heteroatoms. The Hall–Kier alpha value is -3.01. The topological polar surface area (TPSA) is 9.23 Å². The van der Waals surface area contributed by atoms with Crippen LogP contribution in [0, 0.1) is 35.2 Å². The molecule has 45 heavy (non-hydrogen) atoms. The maximum Gasteiger partial charge on any atom is 0.201 e.